The van der Waals surface area contributed by atoms with Gasteiger partial charge in [-0.05, 0) is 67.9 Å². The molecule has 0 saturated carbocycles. The monoisotopic (exact) mass is 489 g/mol. The summed E-state index contributed by atoms with van der Waals surface area (Å²) in [5, 5.41) is 0.598. The van der Waals surface area contributed by atoms with Crippen LogP contribution >= 0.6 is 11.6 Å². The molecular formula is C24H19ClF3N3O3. The molecule has 1 fully saturated rings. The second-order valence-corrected chi connectivity index (χ2v) is 8.60. The van der Waals surface area contributed by atoms with Gasteiger partial charge in [-0.15, -0.1) is 13.2 Å². The number of ether oxygens (including phenoxy) is 1. The second-order valence-electron chi connectivity index (χ2n) is 8.17. The van der Waals surface area contributed by atoms with Gasteiger partial charge < -0.3 is 9.64 Å². The number of imide groups is 1. The summed E-state index contributed by atoms with van der Waals surface area (Å²) in [5.74, 6) is -0.938. The smallest absolute Gasteiger partial charge is 0.406 e. The molecule has 2 heterocycles. The number of nitrogens with zero attached hydrogens (tertiary/aromatic N) is 3. The summed E-state index contributed by atoms with van der Waals surface area (Å²) in [7, 11) is 0. The van der Waals surface area contributed by atoms with Crippen molar-refractivity contribution >= 4 is 29.2 Å². The average molecular weight is 490 g/mol. The Hall–Kier alpha value is -3.59. The van der Waals surface area contributed by atoms with E-state index in [0.29, 0.717) is 10.7 Å². The Bertz CT molecular complexity index is 1230. The van der Waals surface area contributed by atoms with E-state index < -0.39 is 29.6 Å². The maximum atomic E-state index is 13.2. The number of urea groups is 1. The van der Waals surface area contributed by atoms with E-state index in [-0.39, 0.29) is 12.2 Å². The number of benzene rings is 2. The van der Waals surface area contributed by atoms with Gasteiger partial charge in [-0.25, -0.2) is 9.69 Å². The maximum Gasteiger partial charge on any atom is 0.573 e. The molecule has 2 aromatic carbocycles. The summed E-state index contributed by atoms with van der Waals surface area (Å²) < 4.78 is 41.1. The van der Waals surface area contributed by atoms with Gasteiger partial charge in [0.1, 0.15) is 11.3 Å². The summed E-state index contributed by atoms with van der Waals surface area (Å²) in [4.78, 5) is 33.1. The van der Waals surface area contributed by atoms with Crippen LogP contribution in [-0.4, -0.2) is 33.7 Å². The van der Waals surface area contributed by atoms with Crippen molar-refractivity contribution in [2.45, 2.75) is 32.3 Å². The van der Waals surface area contributed by atoms with E-state index in [2.05, 4.69) is 9.72 Å². The van der Waals surface area contributed by atoms with Crippen LogP contribution in [0.4, 0.5) is 23.7 Å². The molecular weight excluding hydrogens is 471 g/mol. The molecule has 3 amide bonds. The molecule has 1 saturated heterocycles. The number of alkyl halides is 3. The zero-order valence-electron chi connectivity index (χ0n) is 18.1. The van der Waals surface area contributed by atoms with Crippen LogP contribution in [-0.2, 0) is 11.3 Å². The van der Waals surface area contributed by atoms with Crippen molar-refractivity contribution in [2.24, 2.45) is 0 Å². The summed E-state index contributed by atoms with van der Waals surface area (Å²) in [6.45, 7) is 3.37. The molecule has 6 nitrogen and oxygen atoms in total. The van der Waals surface area contributed by atoms with Crippen molar-refractivity contribution in [3.8, 4) is 17.0 Å². The zero-order chi connectivity index (χ0) is 24.7. The van der Waals surface area contributed by atoms with E-state index in [1.807, 2.05) is 18.2 Å². The topological polar surface area (TPSA) is 62.7 Å². The molecule has 0 radical (unpaired) electrons. The van der Waals surface area contributed by atoms with Crippen LogP contribution < -0.4 is 9.64 Å². The standard InChI is InChI=1S/C24H19ClF3N3O3/c1-23(2)21(32)31(18-7-9-19(10-8-18)34-24(26,27)28)22(33)30(23)14-15-11-12-29-20(13-15)16-3-5-17(25)6-4-16/h3-13H,14H2,1-2H3. The number of carbonyl (C=O) groups excluding carboxylic acids is 2. The number of pyridine rings is 1. The number of hydrogen-bond donors (Lipinski definition) is 0. The van der Waals surface area contributed by atoms with Crippen molar-refractivity contribution in [2.75, 3.05) is 4.90 Å². The first-order valence-electron chi connectivity index (χ1n) is 10.2. The highest BCUT2D eigenvalue weighted by molar-refractivity contribution is 6.30. The van der Waals surface area contributed by atoms with Crippen molar-refractivity contribution < 1.29 is 27.5 Å². The zero-order valence-corrected chi connectivity index (χ0v) is 18.9. The Balaban J connectivity index is 1.58. The third kappa shape index (κ3) is 4.70. The van der Waals surface area contributed by atoms with Crippen molar-refractivity contribution in [3.63, 3.8) is 0 Å². The molecule has 0 bridgehead atoms. The Morgan fingerprint density at radius 3 is 2.26 bits per heavy atom. The number of aromatic nitrogens is 1. The van der Waals surface area contributed by atoms with Gasteiger partial charge in [-0.2, -0.15) is 0 Å². The van der Waals surface area contributed by atoms with Crippen molar-refractivity contribution in [3.05, 3.63) is 77.4 Å². The fourth-order valence-corrected chi connectivity index (χ4v) is 3.79. The van der Waals surface area contributed by atoms with Crippen LogP contribution in [0.25, 0.3) is 11.3 Å². The molecule has 0 N–H and O–H groups in total. The first kappa shape index (κ1) is 23.6. The third-order valence-corrected chi connectivity index (χ3v) is 5.71. The Morgan fingerprint density at radius 2 is 1.65 bits per heavy atom. The van der Waals surface area contributed by atoms with Gasteiger partial charge in [0.15, 0.2) is 0 Å². The molecule has 0 atom stereocenters. The molecule has 176 valence electrons. The number of amides is 3. The predicted octanol–water partition coefficient (Wildman–Crippen LogP) is 6.05. The normalized spacial score (nSPS) is 15.7. The van der Waals surface area contributed by atoms with Crippen molar-refractivity contribution in [1.29, 1.82) is 0 Å². The lowest BCUT2D eigenvalue weighted by molar-refractivity contribution is -0.274. The van der Waals surface area contributed by atoms with Crippen LogP contribution in [0.15, 0.2) is 66.9 Å². The lowest BCUT2D eigenvalue weighted by atomic mass is 10.0. The van der Waals surface area contributed by atoms with E-state index >= 15 is 0 Å². The van der Waals surface area contributed by atoms with Crippen LogP contribution in [0.1, 0.15) is 19.4 Å². The van der Waals surface area contributed by atoms with Gasteiger partial charge in [0.05, 0.1) is 11.4 Å². The first-order chi connectivity index (χ1) is 16.0. The lowest BCUT2D eigenvalue weighted by Crippen LogP contribution is -2.43. The molecule has 1 aliphatic rings. The Morgan fingerprint density at radius 1 is 1.00 bits per heavy atom. The number of hydrogen-bond acceptors (Lipinski definition) is 4. The quantitative estimate of drug-likeness (QED) is 0.409. The van der Waals surface area contributed by atoms with E-state index in [4.69, 9.17) is 11.6 Å². The van der Waals surface area contributed by atoms with E-state index in [9.17, 15) is 22.8 Å². The molecule has 1 aliphatic heterocycles. The van der Waals surface area contributed by atoms with Gasteiger partial charge in [-0.1, -0.05) is 23.7 Å². The summed E-state index contributed by atoms with van der Waals surface area (Å²) in [5.41, 5.74) is 1.25. The maximum absolute atomic E-state index is 13.2. The molecule has 0 spiro atoms. The molecule has 0 unspecified atom stereocenters. The van der Waals surface area contributed by atoms with Crippen LogP contribution in [0.3, 0.4) is 0 Å². The average Bonchev–Trinajstić information content (AvgIpc) is 2.93. The van der Waals surface area contributed by atoms with E-state index in [1.54, 1.807) is 38.2 Å². The van der Waals surface area contributed by atoms with Gasteiger partial charge in [0, 0.05) is 23.3 Å². The first-order valence-corrected chi connectivity index (χ1v) is 10.6. The Kier molecular flexibility index (Phi) is 5.99. The molecule has 34 heavy (non-hydrogen) atoms. The largest absolute Gasteiger partial charge is 0.573 e. The van der Waals surface area contributed by atoms with E-state index in [1.165, 1.54) is 17.0 Å². The van der Waals surface area contributed by atoms with Gasteiger partial charge in [-0.3, -0.25) is 9.78 Å². The van der Waals surface area contributed by atoms with Gasteiger partial charge in [0.2, 0.25) is 0 Å². The number of rotatable bonds is 5. The number of anilines is 1. The van der Waals surface area contributed by atoms with Crippen molar-refractivity contribution in [1.82, 2.24) is 9.88 Å². The fraction of sp³-hybridized carbons (Fsp3) is 0.208. The fourth-order valence-electron chi connectivity index (χ4n) is 3.66. The second kappa shape index (κ2) is 8.64. The lowest BCUT2D eigenvalue weighted by Gasteiger charge is -2.27. The predicted molar refractivity (Wildman–Crippen MR) is 120 cm³/mol. The molecule has 4 rings (SSSR count). The van der Waals surface area contributed by atoms with Crippen LogP contribution in [0, 0.1) is 0 Å². The molecule has 0 aliphatic carbocycles. The molecule has 1 aromatic heterocycles. The van der Waals surface area contributed by atoms with Gasteiger partial charge in [0.25, 0.3) is 5.91 Å². The minimum Gasteiger partial charge on any atom is -0.406 e. The minimum atomic E-state index is -4.84. The summed E-state index contributed by atoms with van der Waals surface area (Å²) in [6, 6.07) is 14.7. The highest BCUT2D eigenvalue weighted by Gasteiger charge is 2.51. The minimum absolute atomic E-state index is 0.131. The number of carbonyl (C=O) groups is 2. The van der Waals surface area contributed by atoms with Crippen LogP contribution in [0.2, 0.25) is 5.02 Å². The van der Waals surface area contributed by atoms with Gasteiger partial charge >= 0.3 is 12.4 Å². The molecule has 10 heteroatoms. The summed E-state index contributed by atoms with van der Waals surface area (Å²) in [6.07, 6.45) is -3.22. The van der Waals surface area contributed by atoms with Crippen LogP contribution in [0.5, 0.6) is 5.75 Å². The highest BCUT2D eigenvalue weighted by atomic mass is 35.5. The Labute approximate surface area is 198 Å². The third-order valence-electron chi connectivity index (χ3n) is 5.46. The highest BCUT2D eigenvalue weighted by Crippen LogP contribution is 2.35. The SMILES string of the molecule is CC1(C)C(=O)N(c2ccc(OC(F)(F)F)cc2)C(=O)N1Cc1ccnc(-c2ccc(Cl)cc2)c1. The number of halogens is 4. The van der Waals surface area contributed by atoms with E-state index in [0.717, 1.165) is 28.2 Å². The summed E-state index contributed by atoms with van der Waals surface area (Å²) >= 11 is 5.95. The molecule has 3 aromatic rings.